The van der Waals surface area contributed by atoms with Gasteiger partial charge >= 0.3 is 0 Å². The molecule has 6 heteroatoms. The number of carbonyl (C=O) groups excluding carboxylic acids is 2. The van der Waals surface area contributed by atoms with Crippen LogP contribution in [0.4, 0.5) is 0 Å². The molecule has 0 aromatic heterocycles. The van der Waals surface area contributed by atoms with E-state index in [4.69, 9.17) is 5.73 Å². The summed E-state index contributed by atoms with van der Waals surface area (Å²) in [4.78, 5) is 23.6. The number of aldehydes is 1. The lowest BCUT2D eigenvalue weighted by molar-refractivity contribution is -0.105. The summed E-state index contributed by atoms with van der Waals surface area (Å²) in [7, 11) is 0. The topological polar surface area (TPSA) is 132 Å². The molecule has 1 aromatic rings. The van der Waals surface area contributed by atoms with Gasteiger partial charge in [0.2, 0.25) is 0 Å². The second kappa shape index (κ2) is 5.75. The van der Waals surface area contributed by atoms with Gasteiger partial charge < -0.3 is 5.73 Å². The summed E-state index contributed by atoms with van der Waals surface area (Å²) in [6, 6.07) is 13.7. The minimum atomic E-state index is -1.85. The highest BCUT2D eigenvalue weighted by Gasteiger charge is 2.61. The molecule has 1 aliphatic rings. The van der Waals surface area contributed by atoms with E-state index in [1.807, 2.05) is 6.07 Å². The molecular weight excluding hydrogens is 292 g/mol. The molecule has 1 atom stereocenters. The molecule has 1 unspecified atom stereocenters. The number of nitrogens with zero attached hydrogens (tertiary/aromatic N) is 3. The second-order valence-electron chi connectivity index (χ2n) is 5.35. The number of allylic oxidation sites excluding steroid dienone is 2. The maximum Gasteiger partial charge on any atom is 0.172 e. The fraction of sp³-hybridized carbons (Fsp3) is 0.235. The van der Waals surface area contributed by atoms with Crippen molar-refractivity contribution in [3.05, 3.63) is 47.2 Å². The third-order valence-corrected chi connectivity index (χ3v) is 4.23. The van der Waals surface area contributed by atoms with Crippen molar-refractivity contribution in [3.63, 3.8) is 0 Å². The van der Waals surface area contributed by atoms with E-state index in [9.17, 15) is 25.4 Å². The van der Waals surface area contributed by atoms with Crippen LogP contribution in [0.1, 0.15) is 23.2 Å². The first-order valence-corrected chi connectivity index (χ1v) is 6.76. The standard InChI is InChI=1S/C17H12N4O2/c18-9-16(10-19)6-13(8-22)15(21)17(16,11-20)7-14(23)12-4-2-1-3-5-12/h1-5,8H,6-7,21H2. The SMILES string of the molecule is N#CC1(C#N)CC(C=O)=C(N)C1(C#N)CC(=O)c1ccccc1. The number of hydrogen-bond acceptors (Lipinski definition) is 6. The van der Waals surface area contributed by atoms with Gasteiger partial charge in [0.05, 0.1) is 18.2 Å². The molecule has 2 N–H and O–H groups in total. The van der Waals surface area contributed by atoms with Crippen molar-refractivity contribution in [1.29, 1.82) is 15.8 Å². The third kappa shape index (κ3) is 2.16. The molecule has 23 heavy (non-hydrogen) atoms. The molecule has 0 saturated carbocycles. The largest absolute Gasteiger partial charge is 0.400 e. The van der Waals surface area contributed by atoms with Gasteiger partial charge in [0.1, 0.15) is 11.7 Å². The molecule has 0 saturated heterocycles. The Bertz CT molecular complexity index is 807. The van der Waals surface area contributed by atoms with Gasteiger partial charge in [-0.15, -0.1) is 0 Å². The predicted molar refractivity (Wildman–Crippen MR) is 79.0 cm³/mol. The fourth-order valence-corrected chi connectivity index (χ4v) is 2.84. The first kappa shape index (κ1) is 15.9. The first-order chi connectivity index (χ1) is 11.0. The fourth-order valence-electron chi connectivity index (χ4n) is 2.84. The van der Waals surface area contributed by atoms with Gasteiger partial charge in [-0.25, -0.2) is 0 Å². The van der Waals surface area contributed by atoms with Crippen LogP contribution in [0.25, 0.3) is 0 Å². The molecule has 0 heterocycles. The number of ketones is 1. The van der Waals surface area contributed by atoms with E-state index in [2.05, 4.69) is 0 Å². The molecule has 0 radical (unpaired) electrons. The lowest BCUT2D eigenvalue weighted by Gasteiger charge is -2.31. The van der Waals surface area contributed by atoms with Crippen molar-refractivity contribution in [3.8, 4) is 18.2 Å². The Morgan fingerprint density at radius 1 is 1.17 bits per heavy atom. The maximum absolute atomic E-state index is 12.5. The highest BCUT2D eigenvalue weighted by atomic mass is 16.1. The van der Waals surface area contributed by atoms with E-state index in [-0.39, 0.29) is 17.7 Å². The van der Waals surface area contributed by atoms with Crippen LogP contribution in [0, 0.1) is 44.8 Å². The Kier molecular flexibility index (Phi) is 3.99. The average molecular weight is 304 g/mol. The predicted octanol–water partition coefficient (Wildman–Crippen LogP) is 1.62. The minimum absolute atomic E-state index is 0.0236. The van der Waals surface area contributed by atoms with Crippen LogP contribution < -0.4 is 5.73 Å². The van der Waals surface area contributed by atoms with Gasteiger partial charge in [0.25, 0.3) is 0 Å². The molecule has 0 amide bonds. The van der Waals surface area contributed by atoms with Crippen molar-refractivity contribution in [2.24, 2.45) is 16.6 Å². The highest BCUT2D eigenvalue weighted by Crippen LogP contribution is 2.55. The molecule has 6 nitrogen and oxygen atoms in total. The van der Waals surface area contributed by atoms with Crippen LogP contribution in [0.15, 0.2) is 41.6 Å². The zero-order valence-electron chi connectivity index (χ0n) is 12.1. The summed E-state index contributed by atoms with van der Waals surface area (Å²) in [6.07, 6.45) is -0.256. The Morgan fingerprint density at radius 2 is 1.78 bits per heavy atom. The van der Waals surface area contributed by atoms with Crippen molar-refractivity contribution >= 4 is 12.1 Å². The number of benzene rings is 1. The summed E-state index contributed by atoms with van der Waals surface area (Å²) < 4.78 is 0. The Balaban J connectivity index is 2.57. The zero-order chi connectivity index (χ0) is 17.1. The molecule has 0 spiro atoms. The van der Waals surface area contributed by atoms with Gasteiger partial charge in [0.15, 0.2) is 11.2 Å². The van der Waals surface area contributed by atoms with E-state index < -0.39 is 23.0 Å². The van der Waals surface area contributed by atoms with E-state index in [1.54, 1.807) is 42.5 Å². The summed E-state index contributed by atoms with van der Waals surface area (Å²) in [5.74, 6) is -0.419. The maximum atomic E-state index is 12.5. The quantitative estimate of drug-likeness (QED) is 0.664. The number of rotatable bonds is 4. The molecule has 1 aliphatic carbocycles. The lowest BCUT2D eigenvalue weighted by atomic mass is 9.63. The van der Waals surface area contributed by atoms with E-state index >= 15 is 0 Å². The van der Waals surface area contributed by atoms with Gasteiger partial charge in [-0.1, -0.05) is 30.3 Å². The van der Waals surface area contributed by atoms with Crippen LogP contribution in [-0.2, 0) is 4.79 Å². The van der Waals surface area contributed by atoms with Gasteiger partial charge in [0, 0.05) is 29.7 Å². The molecule has 2 rings (SSSR count). The van der Waals surface area contributed by atoms with Crippen molar-refractivity contribution in [2.45, 2.75) is 12.8 Å². The average Bonchev–Trinajstić information content (AvgIpc) is 2.84. The van der Waals surface area contributed by atoms with Crippen LogP contribution in [0.2, 0.25) is 0 Å². The Morgan fingerprint density at radius 3 is 2.26 bits per heavy atom. The van der Waals surface area contributed by atoms with Crippen LogP contribution in [0.3, 0.4) is 0 Å². The molecule has 0 aliphatic heterocycles. The normalized spacial score (nSPS) is 21.8. The van der Waals surface area contributed by atoms with E-state index in [0.717, 1.165) is 0 Å². The lowest BCUT2D eigenvalue weighted by Crippen LogP contribution is -2.41. The van der Waals surface area contributed by atoms with Crippen LogP contribution in [-0.4, -0.2) is 12.1 Å². The number of nitriles is 3. The zero-order valence-corrected chi connectivity index (χ0v) is 12.1. The highest BCUT2D eigenvalue weighted by molar-refractivity contribution is 5.97. The third-order valence-electron chi connectivity index (χ3n) is 4.23. The summed E-state index contributed by atoms with van der Waals surface area (Å²) >= 11 is 0. The van der Waals surface area contributed by atoms with Crippen molar-refractivity contribution < 1.29 is 9.59 Å². The van der Waals surface area contributed by atoms with Crippen LogP contribution >= 0.6 is 0 Å². The minimum Gasteiger partial charge on any atom is -0.400 e. The van der Waals surface area contributed by atoms with Crippen molar-refractivity contribution in [2.75, 3.05) is 0 Å². The van der Waals surface area contributed by atoms with E-state index in [0.29, 0.717) is 11.8 Å². The van der Waals surface area contributed by atoms with Gasteiger partial charge in [-0.3, -0.25) is 9.59 Å². The monoisotopic (exact) mass is 304 g/mol. The number of carbonyl (C=O) groups is 2. The van der Waals surface area contributed by atoms with Crippen LogP contribution in [0.5, 0.6) is 0 Å². The summed E-state index contributed by atoms with van der Waals surface area (Å²) in [5, 5.41) is 28.6. The number of Topliss-reactive ketones (excluding diaryl/α,β-unsaturated/α-hetero) is 1. The Labute approximate surface area is 133 Å². The van der Waals surface area contributed by atoms with Gasteiger partial charge in [-0.05, 0) is 0 Å². The molecule has 0 fully saturated rings. The molecule has 1 aromatic carbocycles. The molecular formula is C17H12N4O2. The number of nitrogens with two attached hydrogens (primary N) is 1. The summed E-state index contributed by atoms with van der Waals surface area (Å²) in [6.45, 7) is 0. The Hall–Kier alpha value is -3.43. The van der Waals surface area contributed by atoms with E-state index in [1.165, 1.54) is 0 Å². The second-order valence-corrected chi connectivity index (χ2v) is 5.35. The van der Waals surface area contributed by atoms with Gasteiger partial charge in [-0.2, -0.15) is 15.8 Å². The van der Waals surface area contributed by atoms with Crippen molar-refractivity contribution in [1.82, 2.24) is 0 Å². The molecule has 0 bridgehead atoms. The first-order valence-electron chi connectivity index (χ1n) is 6.76. The summed E-state index contributed by atoms with van der Waals surface area (Å²) in [5.41, 5.74) is 2.42. The number of hydrogen-bond donors (Lipinski definition) is 1. The smallest absolute Gasteiger partial charge is 0.172 e. The molecule has 112 valence electrons.